The first kappa shape index (κ1) is 24.7. The maximum Gasteiger partial charge on any atom is 0.269 e. The second-order valence-electron chi connectivity index (χ2n) is 9.24. The normalized spacial score (nSPS) is 17.2. The second kappa shape index (κ2) is 9.59. The number of aromatic nitrogens is 1. The Bertz CT molecular complexity index is 1720. The Hall–Kier alpha value is -3.63. The van der Waals surface area contributed by atoms with Gasteiger partial charge in [0, 0.05) is 49.9 Å². The lowest BCUT2D eigenvalue weighted by atomic mass is 10.0. The molecule has 0 spiro atoms. The monoisotopic (exact) mass is 549 g/mol. The van der Waals surface area contributed by atoms with E-state index in [-0.39, 0.29) is 27.2 Å². The van der Waals surface area contributed by atoms with Crippen molar-refractivity contribution in [1.29, 1.82) is 0 Å². The predicted molar refractivity (Wildman–Crippen MR) is 145 cm³/mol. The number of carbonyl (C=O) groups excluding carboxylic acids is 1. The molecule has 1 saturated heterocycles. The van der Waals surface area contributed by atoms with Crippen LogP contribution in [0.2, 0.25) is 5.02 Å². The van der Waals surface area contributed by atoms with Gasteiger partial charge in [0.2, 0.25) is 5.78 Å². The van der Waals surface area contributed by atoms with Crippen LogP contribution in [0.3, 0.4) is 0 Å². The summed E-state index contributed by atoms with van der Waals surface area (Å²) in [5, 5.41) is 14.6. The number of phenolic OH excluding ortho intramolecular Hbond substituents is 1. The first-order valence-corrected chi connectivity index (χ1v) is 14.0. The average molecular weight is 550 g/mol. The highest BCUT2D eigenvalue weighted by molar-refractivity contribution is 7.90. The van der Waals surface area contributed by atoms with Gasteiger partial charge in [0.1, 0.15) is 16.4 Å². The van der Waals surface area contributed by atoms with Gasteiger partial charge in [0.05, 0.1) is 21.7 Å². The van der Waals surface area contributed by atoms with Crippen molar-refractivity contribution >= 4 is 44.4 Å². The van der Waals surface area contributed by atoms with Gasteiger partial charge in [0.15, 0.2) is 5.76 Å². The molecule has 0 bridgehead atoms. The Morgan fingerprint density at radius 1 is 1.03 bits per heavy atom. The highest BCUT2D eigenvalue weighted by Gasteiger charge is 2.32. The number of phenols is 1. The van der Waals surface area contributed by atoms with E-state index in [0.29, 0.717) is 39.9 Å². The number of aromatic hydroxyl groups is 1. The molecule has 0 radical (unpaired) electrons. The topological polar surface area (TPSA) is 101 Å². The minimum Gasteiger partial charge on any atom is -0.507 e. The fraction of sp³-hybridized carbons (Fsp3) is 0.179. The molecule has 3 aromatic carbocycles. The number of piperazine rings is 1. The Kier molecular flexibility index (Phi) is 6.23. The standard InChI is InChI=1S/C28H24ClN3O5S/c29-22-6-2-4-8-26(22)38(35,36)32-16-18(19-5-1-3-7-23(19)32)15-25-27(34)20-9-10-24(33)21(28(20)37-25)17-31-13-11-30-12-14-31/h1-10,15-16,30,33H,11-14,17H2/b25-15-. The molecule has 2 aliphatic heterocycles. The van der Waals surface area contributed by atoms with Crippen molar-refractivity contribution in [3.05, 3.63) is 94.3 Å². The minimum absolute atomic E-state index is 0.0183. The lowest BCUT2D eigenvalue weighted by Crippen LogP contribution is -2.42. The first-order chi connectivity index (χ1) is 18.3. The number of halogens is 1. The number of ketones is 1. The minimum atomic E-state index is -4.02. The molecule has 4 aromatic rings. The van der Waals surface area contributed by atoms with Crippen molar-refractivity contribution in [2.45, 2.75) is 11.4 Å². The van der Waals surface area contributed by atoms with E-state index in [1.54, 1.807) is 48.5 Å². The van der Waals surface area contributed by atoms with Crippen LogP contribution in [0.15, 0.2) is 77.5 Å². The summed E-state index contributed by atoms with van der Waals surface area (Å²) in [6.07, 6.45) is 3.02. The molecule has 0 amide bonds. The number of rotatable bonds is 5. The van der Waals surface area contributed by atoms with Crippen molar-refractivity contribution < 1.29 is 23.1 Å². The number of allylic oxidation sites excluding steroid dienone is 1. The second-order valence-corrected chi connectivity index (χ2v) is 11.4. The molecule has 1 fully saturated rings. The zero-order valence-corrected chi connectivity index (χ0v) is 21.8. The highest BCUT2D eigenvalue weighted by Crippen LogP contribution is 2.41. The molecule has 8 nitrogen and oxygen atoms in total. The van der Waals surface area contributed by atoms with Crippen LogP contribution in [0.5, 0.6) is 11.5 Å². The number of nitrogens with zero attached hydrogens (tertiary/aromatic N) is 2. The van der Waals surface area contributed by atoms with Crippen LogP contribution in [0.1, 0.15) is 21.5 Å². The third-order valence-corrected chi connectivity index (χ3v) is 9.05. The van der Waals surface area contributed by atoms with Gasteiger partial charge in [-0.15, -0.1) is 0 Å². The number of carbonyl (C=O) groups is 1. The van der Waals surface area contributed by atoms with Gasteiger partial charge in [-0.3, -0.25) is 9.69 Å². The van der Waals surface area contributed by atoms with E-state index in [2.05, 4.69) is 10.2 Å². The molecule has 0 saturated carbocycles. The highest BCUT2D eigenvalue weighted by atomic mass is 35.5. The molecule has 2 N–H and O–H groups in total. The zero-order chi connectivity index (χ0) is 26.4. The number of ether oxygens (including phenoxy) is 1. The van der Waals surface area contributed by atoms with Gasteiger partial charge in [-0.2, -0.15) is 0 Å². The Morgan fingerprint density at radius 3 is 2.55 bits per heavy atom. The molecular weight excluding hydrogens is 526 g/mol. The molecule has 3 heterocycles. The number of nitrogens with one attached hydrogen (secondary N) is 1. The van der Waals surface area contributed by atoms with Gasteiger partial charge in [-0.25, -0.2) is 12.4 Å². The summed E-state index contributed by atoms with van der Waals surface area (Å²) in [6, 6.07) is 16.4. The fourth-order valence-corrected chi connectivity index (χ4v) is 6.81. The van der Waals surface area contributed by atoms with Gasteiger partial charge in [0.25, 0.3) is 10.0 Å². The number of Topliss-reactive ketones (excluding diaryl/α,β-unsaturated/α-hetero) is 1. The van der Waals surface area contributed by atoms with Crippen molar-refractivity contribution in [2.75, 3.05) is 26.2 Å². The summed E-state index contributed by atoms with van der Waals surface area (Å²) in [4.78, 5) is 15.5. The summed E-state index contributed by atoms with van der Waals surface area (Å²) in [7, 11) is -4.02. The van der Waals surface area contributed by atoms with Crippen LogP contribution in [-0.2, 0) is 16.6 Å². The summed E-state index contributed by atoms with van der Waals surface area (Å²) in [5.74, 6) is 0.142. The van der Waals surface area contributed by atoms with Crippen LogP contribution < -0.4 is 10.1 Å². The van der Waals surface area contributed by atoms with E-state index in [4.69, 9.17) is 16.3 Å². The van der Waals surface area contributed by atoms with Crippen LogP contribution >= 0.6 is 11.6 Å². The van der Waals surface area contributed by atoms with Crippen molar-refractivity contribution in [3.8, 4) is 11.5 Å². The van der Waals surface area contributed by atoms with Crippen molar-refractivity contribution in [2.24, 2.45) is 0 Å². The molecule has 6 rings (SSSR count). The Labute approximate surface area is 224 Å². The molecule has 1 aromatic heterocycles. The summed E-state index contributed by atoms with van der Waals surface area (Å²) >= 11 is 6.23. The lowest BCUT2D eigenvalue weighted by molar-refractivity contribution is 0.101. The summed E-state index contributed by atoms with van der Waals surface area (Å²) in [5.41, 5.74) is 1.87. The quantitative estimate of drug-likeness (QED) is 0.359. The predicted octanol–water partition coefficient (Wildman–Crippen LogP) is 4.26. The number of hydrogen-bond acceptors (Lipinski definition) is 7. The Morgan fingerprint density at radius 2 is 1.76 bits per heavy atom. The van der Waals surface area contributed by atoms with E-state index < -0.39 is 10.0 Å². The van der Waals surface area contributed by atoms with Crippen LogP contribution in [0.4, 0.5) is 0 Å². The smallest absolute Gasteiger partial charge is 0.269 e. The van der Waals surface area contributed by atoms with E-state index in [9.17, 15) is 18.3 Å². The van der Waals surface area contributed by atoms with Crippen molar-refractivity contribution in [3.63, 3.8) is 0 Å². The maximum atomic E-state index is 13.6. The molecule has 0 unspecified atom stereocenters. The molecule has 0 atom stereocenters. The van der Waals surface area contributed by atoms with Crippen LogP contribution in [0.25, 0.3) is 17.0 Å². The Balaban J connectivity index is 1.41. The van der Waals surface area contributed by atoms with E-state index in [0.717, 1.165) is 26.2 Å². The number of fused-ring (bicyclic) bond motifs is 2. The maximum absolute atomic E-state index is 13.6. The number of benzene rings is 3. The van der Waals surface area contributed by atoms with E-state index in [1.807, 2.05) is 0 Å². The third kappa shape index (κ3) is 4.17. The average Bonchev–Trinajstić information content (AvgIpc) is 3.45. The molecular formula is C28H24ClN3O5S. The van der Waals surface area contributed by atoms with Crippen LogP contribution in [-0.4, -0.2) is 54.4 Å². The van der Waals surface area contributed by atoms with Gasteiger partial charge in [-0.1, -0.05) is 41.9 Å². The van der Waals surface area contributed by atoms with Crippen molar-refractivity contribution in [1.82, 2.24) is 14.2 Å². The number of hydrogen-bond donors (Lipinski definition) is 2. The molecule has 0 aliphatic carbocycles. The zero-order valence-electron chi connectivity index (χ0n) is 20.2. The van der Waals surface area contributed by atoms with Gasteiger partial charge < -0.3 is 15.2 Å². The SMILES string of the molecule is O=C1/C(=C/c2cn(S(=O)(=O)c3ccccc3Cl)c3ccccc23)Oc2c1ccc(O)c2CN1CCNCC1. The van der Waals surface area contributed by atoms with Gasteiger partial charge in [-0.05, 0) is 36.4 Å². The molecule has 38 heavy (non-hydrogen) atoms. The molecule has 2 aliphatic rings. The van der Waals surface area contributed by atoms with Crippen LogP contribution in [0, 0.1) is 0 Å². The first-order valence-electron chi connectivity index (χ1n) is 12.2. The molecule has 194 valence electrons. The largest absolute Gasteiger partial charge is 0.507 e. The third-order valence-electron chi connectivity index (χ3n) is 6.88. The fourth-order valence-electron chi connectivity index (χ4n) is 4.93. The summed E-state index contributed by atoms with van der Waals surface area (Å²) in [6.45, 7) is 3.79. The van der Waals surface area contributed by atoms with E-state index in [1.165, 1.54) is 28.4 Å². The molecule has 10 heteroatoms. The van der Waals surface area contributed by atoms with Gasteiger partial charge >= 0.3 is 0 Å². The summed E-state index contributed by atoms with van der Waals surface area (Å²) < 4.78 is 34.3. The number of para-hydroxylation sites is 1. The van der Waals surface area contributed by atoms with E-state index >= 15 is 0 Å². The lowest BCUT2D eigenvalue weighted by Gasteiger charge is -2.27.